The number of hydrogen-bond donors (Lipinski definition) is 1. The number of amides is 1. The fourth-order valence-corrected chi connectivity index (χ4v) is 7.63. The molecule has 7 nitrogen and oxygen atoms in total. The zero-order chi connectivity index (χ0) is 28.0. The monoisotopic (exact) mass is 575 g/mol. The van der Waals surface area contributed by atoms with Crippen molar-refractivity contribution in [3.63, 3.8) is 0 Å². The number of aryl methyl sites for hydroxylation is 1. The van der Waals surface area contributed by atoms with Crippen molar-refractivity contribution >= 4 is 27.5 Å². The predicted molar refractivity (Wildman–Crippen MR) is 155 cm³/mol. The van der Waals surface area contributed by atoms with Crippen LogP contribution in [-0.4, -0.2) is 70.0 Å². The summed E-state index contributed by atoms with van der Waals surface area (Å²) in [5.74, 6) is 1.09. The molecule has 4 rings (SSSR count). The van der Waals surface area contributed by atoms with E-state index in [1.807, 2.05) is 19.1 Å². The van der Waals surface area contributed by atoms with Crippen LogP contribution in [-0.2, 0) is 19.6 Å². The molecule has 39 heavy (non-hydrogen) atoms. The van der Waals surface area contributed by atoms with Crippen molar-refractivity contribution < 1.29 is 17.9 Å². The van der Waals surface area contributed by atoms with E-state index in [1.165, 1.54) is 35.6 Å². The summed E-state index contributed by atoms with van der Waals surface area (Å²) in [6, 6.07) is 15.5. The Morgan fingerprint density at radius 2 is 1.72 bits per heavy atom. The van der Waals surface area contributed by atoms with Crippen LogP contribution in [0.2, 0.25) is 5.02 Å². The van der Waals surface area contributed by atoms with Gasteiger partial charge in [0, 0.05) is 30.7 Å². The fraction of sp³-hybridized carbons (Fsp3) is 0.567. The molecule has 1 amide bonds. The highest BCUT2D eigenvalue weighted by atomic mass is 35.5. The lowest BCUT2D eigenvalue weighted by molar-refractivity contribution is -0.127. The summed E-state index contributed by atoms with van der Waals surface area (Å²) in [7, 11) is 0.755. The molecule has 2 aromatic carbocycles. The second kappa shape index (κ2) is 13.6. The largest absolute Gasteiger partial charge is 0.367 e. The number of hydrogen-bond acceptors (Lipinski definition) is 5. The lowest BCUT2D eigenvalue weighted by Gasteiger charge is -2.37. The molecule has 1 aliphatic heterocycles. The maximum atomic E-state index is 12.9. The van der Waals surface area contributed by atoms with E-state index < -0.39 is 10.0 Å². The van der Waals surface area contributed by atoms with Gasteiger partial charge in [0.05, 0.1) is 11.0 Å². The number of ether oxygens (including phenoxy) is 1. The van der Waals surface area contributed by atoms with Gasteiger partial charge >= 0.3 is 0 Å². The van der Waals surface area contributed by atoms with Gasteiger partial charge in [0.2, 0.25) is 15.9 Å². The number of benzene rings is 2. The summed E-state index contributed by atoms with van der Waals surface area (Å²) < 4.78 is 33.0. The Morgan fingerprint density at radius 3 is 2.36 bits per heavy atom. The van der Waals surface area contributed by atoms with Crippen LogP contribution in [0.1, 0.15) is 55.7 Å². The van der Waals surface area contributed by atoms with Gasteiger partial charge in [0.15, 0.2) is 0 Å². The molecule has 2 unspecified atom stereocenters. The number of sulfonamides is 1. The molecule has 214 valence electrons. The molecule has 0 aromatic heterocycles. The highest BCUT2D eigenvalue weighted by Crippen LogP contribution is 2.40. The van der Waals surface area contributed by atoms with Crippen LogP contribution < -0.4 is 5.32 Å². The first-order chi connectivity index (χ1) is 18.6. The van der Waals surface area contributed by atoms with Gasteiger partial charge < -0.3 is 15.0 Å². The Balaban J connectivity index is 1.14. The quantitative estimate of drug-likeness (QED) is 0.406. The van der Waals surface area contributed by atoms with Crippen molar-refractivity contribution in [2.75, 3.05) is 40.3 Å². The number of halogens is 1. The standard InChI is InChI=1S/C30H42ClN3O4S/c1-22-4-14-28(15-5-22)39(36,37)34-19-17-27(20-34)38-21-29(35)32-18-16-23-6-8-24(9-7-23)30(33(2)3)25-10-12-26(31)13-11-25/h4-5,10-15,23-24,27,30H,6-9,16-21H2,1-3H3,(H,32,35). The van der Waals surface area contributed by atoms with Crippen molar-refractivity contribution in [2.45, 2.75) is 62.5 Å². The third-order valence-electron chi connectivity index (χ3n) is 8.20. The van der Waals surface area contributed by atoms with Crippen molar-refractivity contribution in [2.24, 2.45) is 11.8 Å². The van der Waals surface area contributed by atoms with Gasteiger partial charge in [-0.3, -0.25) is 4.79 Å². The van der Waals surface area contributed by atoms with Crippen molar-refractivity contribution in [1.29, 1.82) is 0 Å². The summed E-state index contributed by atoms with van der Waals surface area (Å²) >= 11 is 6.10. The van der Waals surface area contributed by atoms with Crippen LogP contribution in [0.5, 0.6) is 0 Å². The molecule has 0 radical (unpaired) electrons. The van der Waals surface area contributed by atoms with Crippen LogP contribution in [0, 0.1) is 18.8 Å². The number of carbonyl (C=O) groups excluding carboxylic acids is 1. The molecule has 1 N–H and O–H groups in total. The first kappa shape index (κ1) is 30.0. The maximum Gasteiger partial charge on any atom is 0.246 e. The lowest BCUT2D eigenvalue weighted by atomic mass is 9.75. The Hall–Kier alpha value is -1.97. The highest BCUT2D eigenvalue weighted by Gasteiger charge is 2.33. The molecular weight excluding hydrogens is 534 g/mol. The molecular formula is C30H42ClN3O4S. The molecule has 0 spiro atoms. The van der Waals surface area contributed by atoms with E-state index in [1.54, 1.807) is 24.3 Å². The molecule has 9 heteroatoms. The number of rotatable bonds is 11. The molecule has 1 aliphatic carbocycles. The second-order valence-electron chi connectivity index (χ2n) is 11.3. The van der Waals surface area contributed by atoms with E-state index in [4.69, 9.17) is 16.3 Å². The summed E-state index contributed by atoms with van der Waals surface area (Å²) in [6.45, 7) is 3.21. The SMILES string of the molecule is Cc1ccc(S(=O)(=O)N2CCC(OCC(=O)NCCC3CCC(C(c4ccc(Cl)cc4)N(C)C)CC3)C2)cc1. The van der Waals surface area contributed by atoms with E-state index in [0.29, 0.717) is 42.3 Å². The first-order valence-electron chi connectivity index (χ1n) is 14.0. The third-order valence-corrected chi connectivity index (χ3v) is 10.3. The van der Waals surface area contributed by atoms with E-state index in [-0.39, 0.29) is 25.2 Å². The second-order valence-corrected chi connectivity index (χ2v) is 13.7. The van der Waals surface area contributed by atoms with Gasteiger partial charge in [-0.15, -0.1) is 0 Å². The average molecular weight is 576 g/mol. The smallest absolute Gasteiger partial charge is 0.246 e. The number of carbonyl (C=O) groups is 1. The molecule has 1 heterocycles. The molecule has 0 bridgehead atoms. The first-order valence-corrected chi connectivity index (χ1v) is 15.8. The third kappa shape index (κ3) is 8.04. The fourth-order valence-electron chi connectivity index (χ4n) is 6.02. The summed E-state index contributed by atoms with van der Waals surface area (Å²) in [5.41, 5.74) is 2.33. The molecule has 1 saturated carbocycles. The van der Waals surface area contributed by atoms with Crippen LogP contribution in [0.3, 0.4) is 0 Å². The van der Waals surface area contributed by atoms with Gasteiger partial charge in [0.25, 0.3) is 0 Å². The Morgan fingerprint density at radius 1 is 1.05 bits per heavy atom. The molecule has 2 atom stereocenters. The predicted octanol–water partition coefficient (Wildman–Crippen LogP) is 5.04. The topological polar surface area (TPSA) is 78.9 Å². The van der Waals surface area contributed by atoms with E-state index in [0.717, 1.165) is 17.0 Å². The minimum Gasteiger partial charge on any atom is -0.367 e. The normalized spacial score (nSPS) is 23.2. The Labute approximate surface area is 238 Å². The van der Waals surface area contributed by atoms with E-state index >= 15 is 0 Å². The zero-order valence-electron chi connectivity index (χ0n) is 23.3. The number of nitrogens with one attached hydrogen (secondary N) is 1. The Bertz CT molecular complexity index is 1180. The lowest BCUT2D eigenvalue weighted by Crippen LogP contribution is -2.34. The van der Waals surface area contributed by atoms with Crippen LogP contribution in [0.15, 0.2) is 53.4 Å². The minimum atomic E-state index is -3.54. The molecule has 1 saturated heterocycles. The van der Waals surface area contributed by atoms with Crippen LogP contribution in [0.25, 0.3) is 0 Å². The van der Waals surface area contributed by atoms with Gasteiger partial charge in [-0.2, -0.15) is 4.31 Å². The van der Waals surface area contributed by atoms with Crippen molar-refractivity contribution in [1.82, 2.24) is 14.5 Å². The van der Waals surface area contributed by atoms with E-state index in [9.17, 15) is 13.2 Å². The van der Waals surface area contributed by atoms with Gasteiger partial charge in [-0.25, -0.2) is 8.42 Å². The van der Waals surface area contributed by atoms with E-state index in [2.05, 4.69) is 36.4 Å². The summed E-state index contributed by atoms with van der Waals surface area (Å²) in [6.07, 6.45) is 5.98. The van der Waals surface area contributed by atoms with Crippen LogP contribution >= 0.6 is 11.6 Å². The van der Waals surface area contributed by atoms with Crippen molar-refractivity contribution in [3.05, 3.63) is 64.7 Å². The summed E-state index contributed by atoms with van der Waals surface area (Å²) in [4.78, 5) is 15.0. The van der Waals surface area contributed by atoms with Crippen molar-refractivity contribution in [3.8, 4) is 0 Å². The van der Waals surface area contributed by atoms with Gasteiger partial charge in [-0.05, 0) is 88.4 Å². The maximum absolute atomic E-state index is 12.9. The molecule has 2 aromatic rings. The zero-order valence-corrected chi connectivity index (χ0v) is 24.9. The minimum absolute atomic E-state index is 0.0402. The Kier molecular flexibility index (Phi) is 10.5. The molecule has 2 aliphatic rings. The summed E-state index contributed by atoms with van der Waals surface area (Å²) in [5, 5.41) is 3.76. The molecule has 2 fully saturated rings. The van der Waals surface area contributed by atoms with Gasteiger partial charge in [-0.1, -0.05) is 54.3 Å². The van der Waals surface area contributed by atoms with Crippen LogP contribution in [0.4, 0.5) is 0 Å². The average Bonchev–Trinajstić information content (AvgIpc) is 3.40. The highest BCUT2D eigenvalue weighted by molar-refractivity contribution is 7.89. The number of nitrogens with zero attached hydrogens (tertiary/aromatic N) is 2. The van der Waals surface area contributed by atoms with Gasteiger partial charge in [0.1, 0.15) is 6.61 Å².